The molecule has 0 saturated carbocycles. The maximum atomic E-state index is 11.1. The number of aromatic nitrogens is 2. The van der Waals surface area contributed by atoms with E-state index in [-0.39, 0.29) is 12.3 Å². The van der Waals surface area contributed by atoms with Crippen molar-refractivity contribution < 1.29 is 14.6 Å². The van der Waals surface area contributed by atoms with E-state index in [9.17, 15) is 4.79 Å². The van der Waals surface area contributed by atoms with Crippen LogP contribution in [0.25, 0.3) is 11.4 Å². The predicted molar refractivity (Wildman–Crippen MR) is 132 cm³/mol. The van der Waals surface area contributed by atoms with Crippen LogP contribution in [0.2, 0.25) is 0 Å². The molecule has 1 N–H and O–H groups in total. The molecule has 0 bridgehead atoms. The number of ether oxygens (including phenoxy) is 1. The number of hydrogen-bond donors (Lipinski definition) is 1. The minimum atomic E-state index is -0.730. The predicted octanol–water partition coefficient (Wildman–Crippen LogP) is 5.70. The van der Waals surface area contributed by atoms with Crippen molar-refractivity contribution >= 4 is 23.1 Å². The molecule has 0 unspecified atom stereocenters. The Hall–Kier alpha value is -2.93. The Bertz CT molecular complexity index is 1080. The van der Waals surface area contributed by atoms with Gasteiger partial charge >= 0.3 is 5.97 Å². The van der Waals surface area contributed by atoms with E-state index in [2.05, 4.69) is 41.2 Å². The fourth-order valence-electron chi connectivity index (χ4n) is 4.52. The number of hydrogen-bond acceptors (Lipinski definition) is 6. The normalized spacial score (nSPS) is 14.8. The zero-order chi connectivity index (χ0) is 23.2. The molecule has 0 saturated heterocycles. The lowest BCUT2D eigenvalue weighted by Crippen LogP contribution is -2.28. The van der Waals surface area contributed by atoms with Crippen LogP contribution < -0.4 is 9.64 Å². The van der Waals surface area contributed by atoms with Crippen molar-refractivity contribution in [1.29, 1.82) is 0 Å². The molecule has 0 fully saturated rings. The number of carboxylic acids is 1. The second-order valence-electron chi connectivity index (χ2n) is 8.60. The molecular weight excluding hydrogens is 434 g/mol. The fraction of sp³-hybridized carbons (Fsp3) is 0.423. The third kappa shape index (κ3) is 5.71. The van der Waals surface area contributed by atoms with Gasteiger partial charge < -0.3 is 14.7 Å². The molecule has 1 aliphatic carbocycles. The van der Waals surface area contributed by atoms with E-state index in [1.807, 2.05) is 23.7 Å². The van der Waals surface area contributed by atoms with Crippen LogP contribution in [0.15, 0.2) is 41.2 Å². The second kappa shape index (κ2) is 10.8. The van der Waals surface area contributed by atoms with Gasteiger partial charge in [-0.3, -0.25) is 4.79 Å². The molecule has 2 aromatic heterocycles. The quantitative estimate of drug-likeness (QED) is 0.366. The molecule has 0 spiro atoms. The average Bonchev–Trinajstić information content (AvgIpc) is 3.47. The Morgan fingerprint density at radius 1 is 1.30 bits per heavy atom. The molecule has 4 rings (SSSR count). The molecule has 1 aliphatic rings. The van der Waals surface area contributed by atoms with E-state index < -0.39 is 5.97 Å². The van der Waals surface area contributed by atoms with Crippen molar-refractivity contribution in [1.82, 2.24) is 9.97 Å². The van der Waals surface area contributed by atoms with Crippen LogP contribution in [0.3, 0.4) is 0 Å². The van der Waals surface area contributed by atoms with Crippen molar-refractivity contribution in [2.24, 2.45) is 0 Å². The van der Waals surface area contributed by atoms with E-state index in [4.69, 9.17) is 14.8 Å². The molecule has 1 aromatic carbocycles. The number of anilines is 1. The Kier molecular flexibility index (Phi) is 7.60. The van der Waals surface area contributed by atoms with Crippen LogP contribution in [0, 0.1) is 6.92 Å². The number of aliphatic carboxylic acids is 1. The topological polar surface area (TPSA) is 75.5 Å². The monoisotopic (exact) mass is 465 g/mol. The van der Waals surface area contributed by atoms with Crippen molar-refractivity contribution in [3.05, 3.63) is 57.9 Å². The molecule has 0 aliphatic heterocycles. The highest BCUT2D eigenvalue weighted by molar-refractivity contribution is 7.08. The molecule has 6 nitrogen and oxygen atoms in total. The van der Waals surface area contributed by atoms with Gasteiger partial charge in [0.15, 0.2) is 5.82 Å². The lowest BCUT2D eigenvalue weighted by Gasteiger charge is -2.25. The highest BCUT2D eigenvalue weighted by Gasteiger charge is 2.25. The smallest absolute Gasteiger partial charge is 0.303 e. The van der Waals surface area contributed by atoms with Crippen molar-refractivity contribution in [3.8, 4) is 17.1 Å². The van der Waals surface area contributed by atoms with Gasteiger partial charge in [-0.1, -0.05) is 13.0 Å². The minimum absolute atomic E-state index is 0.129. The average molecular weight is 466 g/mol. The van der Waals surface area contributed by atoms with Gasteiger partial charge in [0, 0.05) is 35.8 Å². The zero-order valence-electron chi connectivity index (χ0n) is 19.3. The number of thiophene rings is 1. The molecular formula is C26H31N3O3S. The highest BCUT2D eigenvalue weighted by atomic mass is 32.1. The Labute approximate surface area is 199 Å². The summed E-state index contributed by atoms with van der Waals surface area (Å²) in [5.41, 5.74) is 4.53. The lowest BCUT2D eigenvalue weighted by atomic mass is 9.98. The Morgan fingerprint density at radius 3 is 2.94 bits per heavy atom. The number of rotatable bonds is 11. The van der Waals surface area contributed by atoms with Gasteiger partial charge in [0.2, 0.25) is 0 Å². The van der Waals surface area contributed by atoms with Crippen LogP contribution in [0.5, 0.6) is 5.75 Å². The van der Waals surface area contributed by atoms with Gasteiger partial charge in [-0.05, 0) is 73.2 Å². The first-order valence-corrected chi connectivity index (χ1v) is 12.6. The van der Waals surface area contributed by atoms with Gasteiger partial charge in [0.05, 0.1) is 13.0 Å². The zero-order valence-corrected chi connectivity index (χ0v) is 20.1. The summed E-state index contributed by atoms with van der Waals surface area (Å²) in [7, 11) is 0. The molecule has 3 aromatic rings. The summed E-state index contributed by atoms with van der Waals surface area (Å²) in [5.74, 6) is 2.03. The van der Waals surface area contributed by atoms with Crippen molar-refractivity contribution in [2.75, 3.05) is 24.6 Å². The van der Waals surface area contributed by atoms with E-state index >= 15 is 0 Å². The first-order chi connectivity index (χ1) is 16.0. The summed E-state index contributed by atoms with van der Waals surface area (Å²) >= 11 is 1.65. The van der Waals surface area contributed by atoms with Crippen LogP contribution >= 0.6 is 11.3 Å². The Balaban J connectivity index is 1.35. The van der Waals surface area contributed by atoms with Gasteiger partial charge in [-0.25, -0.2) is 9.97 Å². The van der Waals surface area contributed by atoms with Gasteiger partial charge in [-0.15, -0.1) is 0 Å². The second-order valence-corrected chi connectivity index (χ2v) is 9.38. The van der Waals surface area contributed by atoms with Gasteiger partial charge in [-0.2, -0.15) is 11.3 Å². The maximum Gasteiger partial charge on any atom is 0.303 e. The number of fused-ring (bicyclic) bond motifs is 1. The third-order valence-corrected chi connectivity index (χ3v) is 6.78. The summed E-state index contributed by atoms with van der Waals surface area (Å²) in [6.07, 6.45) is 5.88. The van der Waals surface area contributed by atoms with Crippen molar-refractivity contribution in [2.45, 2.75) is 51.9 Å². The van der Waals surface area contributed by atoms with Crippen molar-refractivity contribution in [3.63, 3.8) is 0 Å². The number of benzene rings is 1. The van der Waals surface area contributed by atoms with E-state index in [1.165, 1.54) is 11.1 Å². The number of carboxylic acid groups (broad SMARTS) is 1. The van der Waals surface area contributed by atoms with Gasteiger partial charge in [0.1, 0.15) is 11.6 Å². The molecule has 0 radical (unpaired) electrons. The fourth-order valence-corrected chi connectivity index (χ4v) is 5.15. The minimum Gasteiger partial charge on any atom is -0.494 e. The molecule has 7 heteroatoms. The summed E-state index contributed by atoms with van der Waals surface area (Å²) in [5, 5.41) is 13.2. The van der Waals surface area contributed by atoms with Crippen LogP contribution in [-0.4, -0.2) is 40.7 Å². The largest absolute Gasteiger partial charge is 0.494 e. The van der Waals surface area contributed by atoms with Gasteiger partial charge in [0.25, 0.3) is 0 Å². The van der Waals surface area contributed by atoms with E-state index in [0.717, 1.165) is 67.3 Å². The number of aryl methyl sites for hydroxylation is 2. The van der Waals surface area contributed by atoms with Crippen LogP contribution in [0.1, 0.15) is 55.2 Å². The first kappa shape index (κ1) is 23.2. The SMILES string of the molecule is CCCN(CCCOc1ccc2c(c1)CC[C@H]2CC(=O)O)c1nc(-c2ccsc2)ncc1C. The molecule has 174 valence electrons. The summed E-state index contributed by atoms with van der Waals surface area (Å²) in [6, 6.07) is 8.16. The van der Waals surface area contributed by atoms with E-state index in [1.54, 1.807) is 11.3 Å². The first-order valence-electron chi connectivity index (χ1n) is 11.6. The van der Waals surface area contributed by atoms with Crippen LogP contribution in [0.4, 0.5) is 5.82 Å². The molecule has 0 amide bonds. The standard InChI is InChI=1S/C26H31N3O3S/c1-3-10-29(26-18(2)16-27-25(28-26)21-9-13-33-17-21)11-4-12-32-22-7-8-23-19(14-22)5-6-20(23)15-24(30)31/h7-9,13-14,16-17,20H,3-6,10-12,15H2,1-2H3,(H,30,31)/t20-/m0/s1. The highest BCUT2D eigenvalue weighted by Crippen LogP contribution is 2.37. The number of nitrogens with zero attached hydrogens (tertiary/aromatic N) is 3. The van der Waals surface area contributed by atoms with Crippen LogP contribution in [-0.2, 0) is 11.2 Å². The summed E-state index contributed by atoms with van der Waals surface area (Å²) in [4.78, 5) is 22.8. The maximum absolute atomic E-state index is 11.1. The molecule has 2 heterocycles. The molecule has 1 atom stereocenters. The lowest BCUT2D eigenvalue weighted by molar-refractivity contribution is -0.137. The Morgan fingerprint density at radius 2 is 2.18 bits per heavy atom. The summed E-state index contributed by atoms with van der Waals surface area (Å²) in [6.45, 7) is 6.67. The third-order valence-electron chi connectivity index (χ3n) is 6.10. The molecule has 33 heavy (non-hydrogen) atoms. The number of carbonyl (C=O) groups is 1. The van der Waals surface area contributed by atoms with E-state index in [0.29, 0.717) is 6.61 Å². The summed E-state index contributed by atoms with van der Waals surface area (Å²) < 4.78 is 6.05.